The summed E-state index contributed by atoms with van der Waals surface area (Å²) in [5, 5.41) is 0. The molecule has 0 atom stereocenters. The van der Waals surface area contributed by atoms with Gasteiger partial charge in [-0.15, -0.1) is 13.2 Å². The molecule has 0 aromatic carbocycles. The highest BCUT2D eigenvalue weighted by atomic mass is 13.9. The fourth-order valence-electron chi connectivity index (χ4n) is 1.04. The Morgan fingerprint density at radius 2 is 1.86 bits per heavy atom. The van der Waals surface area contributed by atoms with E-state index < -0.39 is 0 Å². The van der Waals surface area contributed by atoms with Crippen molar-refractivity contribution in [3.05, 3.63) is 48.6 Å². The maximum Gasteiger partial charge on any atom is -0.0283 e. The molecule has 0 saturated carbocycles. The highest BCUT2D eigenvalue weighted by molar-refractivity contribution is 5.11. The van der Waals surface area contributed by atoms with Crippen molar-refractivity contribution >= 4 is 0 Å². The zero-order valence-corrected chi connectivity index (χ0v) is 9.55. The largest absolute Gasteiger partial charge is 0.103 e. The van der Waals surface area contributed by atoms with Gasteiger partial charge in [0.15, 0.2) is 0 Å². The Bertz CT molecular complexity index is 228. The van der Waals surface area contributed by atoms with Gasteiger partial charge < -0.3 is 0 Å². The standard InChI is InChI=1S/C14H22/c1-5-6-7-8-9-10-14(4)12-11-13(2)3/h5,8-10H,1-2,6-7,11-12H2,3-4H3. The van der Waals surface area contributed by atoms with Crippen molar-refractivity contribution in [3.63, 3.8) is 0 Å². The van der Waals surface area contributed by atoms with Crippen molar-refractivity contribution < 1.29 is 0 Å². The van der Waals surface area contributed by atoms with Crippen LogP contribution >= 0.6 is 0 Å². The molecule has 0 rings (SSSR count). The monoisotopic (exact) mass is 190 g/mol. The fraction of sp³-hybridized carbons (Fsp3) is 0.429. The van der Waals surface area contributed by atoms with Crippen LogP contribution in [0, 0.1) is 0 Å². The molecule has 0 amide bonds. The summed E-state index contributed by atoms with van der Waals surface area (Å²) < 4.78 is 0. The van der Waals surface area contributed by atoms with E-state index in [1.165, 1.54) is 11.1 Å². The van der Waals surface area contributed by atoms with Crippen molar-refractivity contribution in [2.75, 3.05) is 0 Å². The zero-order valence-electron chi connectivity index (χ0n) is 9.55. The van der Waals surface area contributed by atoms with Gasteiger partial charge in [0.05, 0.1) is 0 Å². The predicted molar refractivity (Wildman–Crippen MR) is 66.4 cm³/mol. The average molecular weight is 190 g/mol. The summed E-state index contributed by atoms with van der Waals surface area (Å²) >= 11 is 0. The molecule has 0 saturated heterocycles. The fourth-order valence-corrected chi connectivity index (χ4v) is 1.04. The molecule has 0 fully saturated rings. The van der Waals surface area contributed by atoms with Crippen molar-refractivity contribution in [1.82, 2.24) is 0 Å². The molecule has 0 spiro atoms. The van der Waals surface area contributed by atoms with E-state index in [1.54, 1.807) is 0 Å². The molecule has 0 unspecified atom stereocenters. The number of hydrogen-bond donors (Lipinski definition) is 0. The Morgan fingerprint density at radius 3 is 2.43 bits per heavy atom. The van der Waals surface area contributed by atoms with Gasteiger partial charge in [-0.2, -0.15) is 0 Å². The molecule has 0 heteroatoms. The van der Waals surface area contributed by atoms with Gasteiger partial charge in [0, 0.05) is 0 Å². The zero-order chi connectivity index (χ0) is 10.8. The van der Waals surface area contributed by atoms with Gasteiger partial charge in [-0.3, -0.25) is 0 Å². The molecule has 0 N–H and O–H groups in total. The quantitative estimate of drug-likeness (QED) is 0.307. The Hall–Kier alpha value is -1.04. The number of hydrogen-bond acceptors (Lipinski definition) is 0. The van der Waals surface area contributed by atoms with Crippen LogP contribution in [-0.4, -0.2) is 0 Å². The Labute approximate surface area is 88.7 Å². The highest BCUT2D eigenvalue weighted by Gasteiger charge is 1.88. The first-order chi connectivity index (χ1) is 6.66. The van der Waals surface area contributed by atoms with E-state index >= 15 is 0 Å². The summed E-state index contributed by atoms with van der Waals surface area (Å²) in [5.74, 6) is 0. The van der Waals surface area contributed by atoms with Crippen molar-refractivity contribution in [2.45, 2.75) is 39.5 Å². The Balaban J connectivity index is 3.69. The summed E-state index contributed by atoms with van der Waals surface area (Å²) in [7, 11) is 0. The molecule has 78 valence electrons. The smallest absolute Gasteiger partial charge is 0.0283 e. The second-order valence-corrected chi connectivity index (χ2v) is 3.76. The topological polar surface area (TPSA) is 0 Å². The van der Waals surface area contributed by atoms with E-state index in [0.717, 1.165) is 25.7 Å². The summed E-state index contributed by atoms with van der Waals surface area (Å²) in [6.45, 7) is 11.8. The molecule has 0 nitrogen and oxygen atoms in total. The van der Waals surface area contributed by atoms with E-state index in [0.29, 0.717) is 0 Å². The molecule has 0 aromatic heterocycles. The SMILES string of the molecule is C=CCCC=CC=C(C)CCC(=C)C. The van der Waals surface area contributed by atoms with Crippen molar-refractivity contribution in [1.29, 1.82) is 0 Å². The van der Waals surface area contributed by atoms with Gasteiger partial charge in [0.1, 0.15) is 0 Å². The summed E-state index contributed by atoms with van der Waals surface area (Å²) in [5.41, 5.74) is 2.68. The van der Waals surface area contributed by atoms with Gasteiger partial charge >= 0.3 is 0 Å². The summed E-state index contributed by atoms with van der Waals surface area (Å²) in [6, 6.07) is 0. The normalized spacial score (nSPS) is 12.0. The van der Waals surface area contributed by atoms with Crippen molar-refractivity contribution in [2.24, 2.45) is 0 Å². The van der Waals surface area contributed by atoms with Gasteiger partial charge in [0.25, 0.3) is 0 Å². The molecular weight excluding hydrogens is 168 g/mol. The number of allylic oxidation sites excluding steroid dienone is 6. The van der Waals surface area contributed by atoms with Crippen LogP contribution in [0.4, 0.5) is 0 Å². The summed E-state index contributed by atoms with van der Waals surface area (Å²) in [4.78, 5) is 0. The van der Waals surface area contributed by atoms with Gasteiger partial charge in [-0.05, 0) is 39.5 Å². The lowest BCUT2D eigenvalue weighted by Gasteiger charge is -1.98. The van der Waals surface area contributed by atoms with Crippen LogP contribution in [0.25, 0.3) is 0 Å². The maximum atomic E-state index is 3.89. The minimum absolute atomic E-state index is 1.06. The van der Waals surface area contributed by atoms with Crippen LogP contribution in [0.3, 0.4) is 0 Å². The first kappa shape index (κ1) is 13.0. The van der Waals surface area contributed by atoms with Crippen LogP contribution in [0.15, 0.2) is 48.6 Å². The van der Waals surface area contributed by atoms with E-state index in [-0.39, 0.29) is 0 Å². The minimum Gasteiger partial charge on any atom is -0.103 e. The third-order valence-corrected chi connectivity index (χ3v) is 2.00. The van der Waals surface area contributed by atoms with Crippen LogP contribution in [0.1, 0.15) is 39.5 Å². The lowest BCUT2D eigenvalue weighted by atomic mass is 10.1. The van der Waals surface area contributed by atoms with E-state index in [2.05, 4.69) is 45.2 Å². The third-order valence-electron chi connectivity index (χ3n) is 2.00. The van der Waals surface area contributed by atoms with Crippen LogP contribution in [0.2, 0.25) is 0 Å². The Kier molecular flexibility index (Phi) is 7.92. The molecule has 14 heavy (non-hydrogen) atoms. The Morgan fingerprint density at radius 1 is 1.14 bits per heavy atom. The molecule has 0 radical (unpaired) electrons. The molecule has 0 aliphatic carbocycles. The lowest BCUT2D eigenvalue weighted by molar-refractivity contribution is 0.928. The first-order valence-corrected chi connectivity index (χ1v) is 5.24. The van der Waals surface area contributed by atoms with Crippen molar-refractivity contribution in [3.8, 4) is 0 Å². The lowest BCUT2D eigenvalue weighted by Crippen LogP contribution is -1.78. The molecular formula is C14H22. The molecule has 0 heterocycles. The first-order valence-electron chi connectivity index (χ1n) is 5.24. The third kappa shape index (κ3) is 9.05. The minimum atomic E-state index is 1.06. The van der Waals surface area contributed by atoms with Gasteiger partial charge in [-0.1, -0.05) is 35.5 Å². The van der Waals surface area contributed by atoms with Crippen LogP contribution < -0.4 is 0 Å². The van der Waals surface area contributed by atoms with Crippen LogP contribution in [-0.2, 0) is 0 Å². The van der Waals surface area contributed by atoms with E-state index in [9.17, 15) is 0 Å². The maximum absolute atomic E-state index is 3.89. The number of rotatable bonds is 7. The van der Waals surface area contributed by atoms with E-state index in [4.69, 9.17) is 0 Å². The predicted octanol–water partition coefficient (Wildman–Crippen LogP) is 4.81. The van der Waals surface area contributed by atoms with Gasteiger partial charge in [-0.25, -0.2) is 0 Å². The highest BCUT2D eigenvalue weighted by Crippen LogP contribution is 2.09. The molecule has 0 aliphatic heterocycles. The molecule has 0 aromatic rings. The number of unbranched alkanes of at least 4 members (excludes halogenated alkanes) is 1. The second-order valence-electron chi connectivity index (χ2n) is 3.76. The molecule has 0 bridgehead atoms. The van der Waals surface area contributed by atoms with Crippen LogP contribution in [0.5, 0.6) is 0 Å². The second kappa shape index (κ2) is 8.55. The molecule has 0 aliphatic rings. The average Bonchev–Trinajstić information content (AvgIpc) is 2.14. The van der Waals surface area contributed by atoms with Gasteiger partial charge in [0.2, 0.25) is 0 Å². The summed E-state index contributed by atoms with van der Waals surface area (Å²) in [6.07, 6.45) is 12.8. The van der Waals surface area contributed by atoms with E-state index in [1.807, 2.05) is 6.08 Å².